The summed E-state index contributed by atoms with van der Waals surface area (Å²) < 4.78 is 14.9. The zero-order chi connectivity index (χ0) is 20.7. The fraction of sp³-hybridized carbons (Fsp3) is 0.190. The van der Waals surface area contributed by atoms with Crippen LogP contribution in [0.3, 0.4) is 0 Å². The van der Waals surface area contributed by atoms with Crippen LogP contribution in [-0.4, -0.2) is 41.2 Å². The lowest BCUT2D eigenvalue weighted by molar-refractivity contribution is -0.114. The highest BCUT2D eigenvalue weighted by Gasteiger charge is 2.21. The zero-order valence-electron chi connectivity index (χ0n) is 16.4. The minimum Gasteiger partial charge on any atom is -0.398 e. The molecule has 0 aliphatic carbocycles. The fourth-order valence-electron chi connectivity index (χ4n) is 2.86. The molecule has 0 bridgehead atoms. The predicted molar refractivity (Wildman–Crippen MR) is 114 cm³/mol. The van der Waals surface area contributed by atoms with Gasteiger partial charge in [-0.2, -0.15) is 0 Å². The zero-order valence-corrected chi connectivity index (χ0v) is 17.3. The number of aromatic nitrogens is 2. The maximum absolute atomic E-state index is 13.0. The Kier molecular flexibility index (Phi) is 6.62. The summed E-state index contributed by atoms with van der Waals surface area (Å²) in [4.78, 5) is 21.4. The molecule has 150 valence electrons. The standard InChI is InChI=1S/C21H23N4O3P/c1-28-24-20(18-6-4-3-5-7-18)21(26)23-16-29(2,27)14-17-8-10-19(11-9-17)25-13-12-22-15-25/h3-13,15H,14,16H2,1-2H3,(H,23,26)/b24-20-. The number of carbonyl (C=O) groups is 1. The number of rotatable bonds is 8. The van der Waals surface area contributed by atoms with E-state index in [1.165, 1.54) is 7.11 Å². The van der Waals surface area contributed by atoms with Gasteiger partial charge in [-0.25, -0.2) is 4.98 Å². The Morgan fingerprint density at radius 3 is 2.52 bits per heavy atom. The van der Waals surface area contributed by atoms with Gasteiger partial charge in [-0.05, 0) is 24.4 Å². The maximum atomic E-state index is 13.0. The van der Waals surface area contributed by atoms with Gasteiger partial charge in [-0.1, -0.05) is 47.6 Å². The first-order chi connectivity index (χ1) is 14.0. The Bertz CT molecular complexity index is 1020. The molecule has 3 rings (SSSR count). The van der Waals surface area contributed by atoms with E-state index in [2.05, 4.69) is 15.5 Å². The van der Waals surface area contributed by atoms with Crippen molar-refractivity contribution >= 4 is 18.8 Å². The van der Waals surface area contributed by atoms with Gasteiger partial charge in [0.15, 0.2) is 5.71 Å². The number of amides is 1. The molecule has 0 spiro atoms. The average molecular weight is 410 g/mol. The molecule has 1 aromatic heterocycles. The normalized spacial score (nSPS) is 13.5. The minimum absolute atomic E-state index is 0.0741. The van der Waals surface area contributed by atoms with Crippen molar-refractivity contribution in [3.63, 3.8) is 0 Å². The second-order valence-corrected chi connectivity index (χ2v) is 9.97. The minimum atomic E-state index is -2.64. The van der Waals surface area contributed by atoms with Crippen molar-refractivity contribution in [2.75, 3.05) is 20.1 Å². The number of nitrogens with zero attached hydrogens (tertiary/aromatic N) is 3. The van der Waals surface area contributed by atoms with Crippen molar-refractivity contribution in [2.24, 2.45) is 5.16 Å². The van der Waals surface area contributed by atoms with E-state index in [0.717, 1.165) is 11.3 Å². The number of hydrogen-bond donors (Lipinski definition) is 1. The molecule has 7 nitrogen and oxygen atoms in total. The number of hydrogen-bond acceptors (Lipinski definition) is 5. The van der Waals surface area contributed by atoms with Crippen LogP contribution in [0.25, 0.3) is 5.69 Å². The molecule has 1 atom stereocenters. The lowest BCUT2D eigenvalue weighted by Gasteiger charge is -2.15. The van der Waals surface area contributed by atoms with Gasteiger partial charge in [0, 0.05) is 29.8 Å². The second-order valence-electron chi connectivity index (χ2n) is 6.74. The summed E-state index contributed by atoms with van der Waals surface area (Å²) in [6.07, 6.45) is 5.76. The number of carbonyl (C=O) groups excluding carboxylic acids is 1. The Balaban J connectivity index is 1.62. The van der Waals surface area contributed by atoms with Gasteiger partial charge in [0.1, 0.15) is 14.3 Å². The molecule has 0 radical (unpaired) electrons. The quantitative estimate of drug-likeness (QED) is 0.350. The van der Waals surface area contributed by atoms with Crippen LogP contribution in [0.1, 0.15) is 11.1 Å². The third kappa shape index (κ3) is 5.65. The summed E-state index contributed by atoms with van der Waals surface area (Å²) in [5, 5.41) is 6.56. The average Bonchev–Trinajstić information content (AvgIpc) is 3.26. The number of imidazole rings is 1. The van der Waals surface area contributed by atoms with Gasteiger partial charge in [-0.15, -0.1) is 0 Å². The fourth-order valence-corrected chi connectivity index (χ4v) is 4.44. The summed E-state index contributed by atoms with van der Waals surface area (Å²) in [5.74, 6) is -0.421. The summed E-state index contributed by atoms with van der Waals surface area (Å²) in [6.45, 7) is 1.69. The molecule has 0 aliphatic heterocycles. The number of oxime groups is 1. The molecule has 29 heavy (non-hydrogen) atoms. The summed E-state index contributed by atoms with van der Waals surface area (Å²) in [5.41, 5.74) is 2.71. The smallest absolute Gasteiger partial charge is 0.274 e. The highest BCUT2D eigenvalue weighted by molar-refractivity contribution is 7.62. The van der Waals surface area contributed by atoms with E-state index in [0.29, 0.717) is 11.7 Å². The van der Waals surface area contributed by atoms with E-state index in [-0.39, 0.29) is 12.0 Å². The van der Waals surface area contributed by atoms with Gasteiger partial charge in [0.25, 0.3) is 5.91 Å². The molecule has 0 aliphatic rings. The first-order valence-corrected chi connectivity index (χ1v) is 11.6. The molecule has 0 saturated heterocycles. The lowest BCUT2D eigenvalue weighted by atomic mass is 10.1. The van der Waals surface area contributed by atoms with E-state index in [4.69, 9.17) is 4.84 Å². The molecule has 0 saturated carbocycles. The first-order valence-electron chi connectivity index (χ1n) is 9.06. The summed E-state index contributed by atoms with van der Waals surface area (Å²) in [6, 6.07) is 16.8. The molecule has 1 unspecified atom stereocenters. The van der Waals surface area contributed by atoms with Crippen LogP contribution in [0.5, 0.6) is 0 Å². The third-order valence-corrected chi connectivity index (χ3v) is 6.14. The Morgan fingerprint density at radius 2 is 1.90 bits per heavy atom. The van der Waals surface area contributed by atoms with Crippen molar-refractivity contribution in [2.45, 2.75) is 6.16 Å². The second kappa shape index (κ2) is 9.34. The van der Waals surface area contributed by atoms with E-state index >= 15 is 0 Å². The molecule has 3 aromatic rings. The number of nitrogens with one attached hydrogen (secondary N) is 1. The molecule has 1 amide bonds. The van der Waals surface area contributed by atoms with E-state index in [1.54, 1.807) is 31.3 Å². The van der Waals surface area contributed by atoms with Gasteiger partial charge >= 0.3 is 0 Å². The van der Waals surface area contributed by atoms with Crippen molar-refractivity contribution in [3.8, 4) is 5.69 Å². The topological polar surface area (TPSA) is 85.6 Å². The van der Waals surface area contributed by atoms with Crippen LogP contribution in [-0.2, 0) is 20.4 Å². The van der Waals surface area contributed by atoms with Gasteiger partial charge in [0.2, 0.25) is 0 Å². The Morgan fingerprint density at radius 1 is 1.17 bits per heavy atom. The summed E-state index contributed by atoms with van der Waals surface area (Å²) in [7, 11) is -1.26. The molecule has 2 aromatic carbocycles. The van der Waals surface area contributed by atoms with Crippen molar-refractivity contribution in [3.05, 3.63) is 84.4 Å². The summed E-state index contributed by atoms with van der Waals surface area (Å²) >= 11 is 0. The van der Waals surface area contributed by atoms with Crippen LogP contribution in [0.4, 0.5) is 0 Å². The molecule has 1 heterocycles. The SMILES string of the molecule is CO/N=C(\C(=O)NCP(C)(=O)Cc1ccc(-n2ccnc2)cc1)c1ccccc1. The monoisotopic (exact) mass is 410 g/mol. The maximum Gasteiger partial charge on any atom is 0.274 e. The van der Waals surface area contributed by atoms with Crippen molar-refractivity contribution in [1.29, 1.82) is 0 Å². The van der Waals surface area contributed by atoms with Crippen molar-refractivity contribution < 1.29 is 14.2 Å². The molecule has 1 N–H and O–H groups in total. The van der Waals surface area contributed by atoms with Crippen molar-refractivity contribution in [1.82, 2.24) is 14.9 Å². The number of benzene rings is 2. The Hall–Kier alpha value is -3.18. The van der Waals surface area contributed by atoms with Crippen LogP contribution in [0.15, 0.2) is 78.5 Å². The largest absolute Gasteiger partial charge is 0.398 e. The highest BCUT2D eigenvalue weighted by atomic mass is 31.2. The van der Waals surface area contributed by atoms with E-state index in [1.807, 2.05) is 53.2 Å². The molecular weight excluding hydrogens is 387 g/mol. The van der Waals surface area contributed by atoms with Crippen LogP contribution in [0.2, 0.25) is 0 Å². The van der Waals surface area contributed by atoms with Crippen LogP contribution < -0.4 is 5.32 Å². The molecular formula is C21H23N4O3P. The van der Waals surface area contributed by atoms with Gasteiger partial charge < -0.3 is 19.3 Å². The first kappa shape index (κ1) is 20.6. The van der Waals surface area contributed by atoms with Gasteiger partial charge in [0.05, 0.1) is 12.6 Å². The van der Waals surface area contributed by atoms with E-state index in [9.17, 15) is 9.36 Å². The van der Waals surface area contributed by atoms with E-state index < -0.39 is 13.0 Å². The predicted octanol–water partition coefficient (Wildman–Crippen LogP) is 3.49. The van der Waals surface area contributed by atoms with Crippen LogP contribution >= 0.6 is 7.14 Å². The molecule has 8 heteroatoms. The highest BCUT2D eigenvalue weighted by Crippen LogP contribution is 2.43. The van der Waals surface area contributed by atoms with Crippen LogP contribution in [0, 0.1) is 0 Å². The van der Waals surface area contributed by atoms with Gasteiger partial charge in [-0.3, -0.25) is 4.79 Å². The Labute approximate surface area is 169 Å². The molecule has 0 fully saturated rings. The third-order valence-electron chi connectivity index (χ3n) is 4.27. The lowest BCUT2D eigenvalue weighted by Crippen LogP contribution is -2.32.